The third kappa shape index (κ3) is 5.22. The molecule has 2 heterocycles. The Hall–Kier alpha value is -4.09. The predicted octanol–water partition coefficient (Wildman–Crippen LogP) is 4.66. The second kappa shape index (κ2) is 9.18. The van der Waals surface area contributed by atoms with Gasteiger partial charge in [-0.2, -0.15) is 0 Å². The molecule has 4 rings (SSSR count). The van der Waals surface area contributed by atoms with Gasteiger partial charge in [-0.15, -0.1) is 0 Å². The van der Waals surface area contributed by atoms with Crippen molar-refractivity contribution in [1.82, 2.24) is 4.98 Å². The summed E-state index contributed by atoms with van der Waals surface area (Å²) in [5.41, 5.74) is 1.48. The van der Waals surface area contributed by atoms with E-state index in [0.29, 0.717) is 27.2 Å². The molecule has 0 fully saturated rings. The number of sulfonamides is 1. The topological polar surface area (TPSA) is 131 Å². The Morgan fingerprint density at radius 1 is 1.03 bits per heavy atom. The lowest BCUT2D eigenvalue weighted by Gasteiger charge is -2.11. The van der Waals surface area contributed by atoms with Gasteiger partial charge in [0.25, 0.3) is 10.0 Å². The lowest BCUT2D eigenvalue weighted by atomic mass is 10.2. The van der Waals surface area contributed by atoms with E-state index in [1.165, 1.54) is 48.7 Å². The lowest BCUT2D eigenvalue weighted by Crippen LogP contribution is -2.13. The van der Waals surface area contributed by atoms with Crippen LogP contribution >= 0.6 is 11.3 Å². The number of fused-ring (bicyclic) bond motifs is 1. The van der Waals surface area contributed by atoms with Gasteiger partial charge in [-0.1, -0.05) is 29.5 Å². The minimum atomic E-state index is -3.86. The van der Waals surface area contributed by atoms with Gasteiger partial charge in [-0.3, -0.25) is 24.6 Å². The molecule has 0 aliphatic heterocycles. The van der Waals surface area contributed by atoms with Crippen LogP contribution in [0.3, 0.4) is 0 Å². The van der Waals surface area contributed by atoms with E-state index in [9.17, 15) is 23.3 Å². The minimum Gasteiger partial charge on any atom is -0.323 e. The van der Waals surface area contributed by atoms with Gasteiger partial charge in [0.15, 0.2) is 0 Å². The van der Waals surface area contributed by atoms with Crippen molar-refractivity contribution in [3.63, 3.8) is 0 Å². The second-order valence-electron chi connectivity index (χ2n) is 6.76. The zero-order valence-corrected chi connectivity index (χ0v) is 18.5. The first kappa shape index (κ1) is 22.1. The Labute approximate surface area is 192 Å². The Morgan fingerprint density at radius 3 is 2.52 bits per heavy atom. The van der Waals surface area contributed by atoms with E-state index in [1.54, 1.807) is 30.3 Å². The molecule has 0 saturated heterocycles. The van der Waals surface area contributed by atoms with Crippen LogP contribution in [-0.2, 0) is 14.8 Å². The Kier molecular flexibility index (Phi) is 6.16. The average Bonchev–Trinajstić information content (AvgIpc) is 3.28. The number of rotatable bonds is 7. The van der Waals surface area contributed by atoms with Gasteiger partial charge >= 0.3 is 5.00 Å². The van der Waals surface area contributed by atoms with Gasteiger partial charge in [-0.25, -0.2) is 8.42 Å². The molecule has 0 saturated carbocycles. The largest absolute Gasteiger partial charge is 0.324 e. The molecule has 0 spiro atoms. The zero-order valence-electron chi connectivity index (χ0n) is 16.8. The molecular weight excluding hydrogens is 464 g/mol. The molecule has 1 amide bonds. The number of nitrogens with zero attached hydrogens (tertiary/aromatic N) is 2. The van der Waals surface area contributed by atoms with Crippen LogP contribution in [-0.4, -0.2) is 24.2 Å². The number of carbonyl (C=O) groups excluding carboxylic acids is 1. The zero-order chi connectivity index (χ0) is 23.4. The first-order chi connectivity index (χ1) is 15.8. The standard InChI is InChI=1S/C22H16N4O5S2/c27-21(11-7-16-8-12-22(32-16)26(28)29)24-15-5-9-17(10-6-15)33(30,31)25-20-13-14-23-19-4-2-1-3-18(19)20/h1-14H,(H,23,25)(H,24,27)/b11-7+. The summed E-state index contributed by atoms with van der Waals surface area (Å²) < 4.78 is 28.2. The van der Waals surface area contributed by atoms with E-state index in [1.807, 2.05) is 6.07 Å². The Morgan fingerprint density at radius 2 is 1.79 bits per heavy atom. The van der Waals surface area contributed by atoms with Crippen LogP contribution in [0, 0.1) is 10.1 Å². The van der Waals surface area contributed by atoms with Crippen molar-refractivity contribution in [3.8, 4) is 0 Å². The molecule has 0 bridgehead atoms. The van der Waals surface area contributed by atoms with Gasteiger partial charge in [0, 0.05) is 34.3 Å². The number of amides is 1. The molecule has 166 valence electrons. The van der Waals surface area contributed by atoms with Gasteiger partial charge in [-0.05, 0) is 48.5 Å². The van der Waals surface area contributed by atoms with E-state index in [2.05, 4.69) is 15.0 Å². The van der Waals surface area contributed by atoms with Crippen LogP contribution in [0.4, 0.5) is 16.4 Å². The maximum Gasteiger partial charge on any atom is 0.324 e. The fraction of sp³-hybridized carbons (Fsp3) is 0. The van der Waals surface area contributed by atoms with Crippen molar-refractivity contribution < 1.29 is 18.1 Å². The van der Waals surface area contributed by atoms with Crippen molar-refractivity contribution >= 4 is 60.6 Å². The first-order valence-electron chi connectivity index (χ1n) is 9.52. The fourth-order valence-corrected chi connectivity index (χ4v) is 4.78. The summed E-state index contributed by atoms with van der Waals surface area (Å²) in [4.78, 5) is 27.1. The summed E-state index contributed by atoms with van der Waals surface area (Å²) in [5, 5.41) is 14.0. The molecule has 4 aromatic rings. The summed E-state index contributed by atoms with van der Waals surface area (Å²) in [5.74, 6) is -0.456. The van der Waals surface area contributed by atoms with Crippen molar-refractivity contribution in [2.24, 2.45) is 0 Å². The van der Waals surface area contributed by atoms with Crippen LogP contribution in [0.15, 0.2) is 83.9 Å². The average molecular weight is 481 g/mol. The van der Waals surface area contributed by atoms with E-state index in [-0.39, 0.29) is 9.90 Å². The van der Waals surface area contributed by atoms with E-state index in [4.69, 9.17) is 0 Å². The third-order valence-electron chi connectivity index (χ3n) is 4.52. The molecule has 11 heteroatoms. The number of carbonyl (C=O) groups is 1. The van der Waals surface area contributed by atoms with Gasteiger partial charge in [0.05, 0.1) is 21.0 Å². The highest BCUT2D eigenvalue weighted by molar-refractivity contribution is 7.92. The summed E-state index contributed by atoms with van der Waals surface area (Å²) in [6.45, 7) is 0. The number of thiophene rings is 1. The van der Waals surface area contributed by atoms with Crippen molar-refractivity contribution in [2.45, 2.75) is 4.90 Å². The van der Waals surface area contributed by atoms with E-state index < -0.39 is 20.9 Å². The molecule has 2 N–H and O–H groups in total. The van der Waals surface area contributed by atoms with Gasteiger partial charge < -0.3 is 5.32 Å². The number of hydrogen-bond acceptors (Lipinski definition) is 7. The second-order valence-corrected chi connectivity index (χ2v) is 9.54. The maximum absolute atomic E-state index is 12.8. The maximum atomic E-state index is 12.8. The number of nitrogens with one attached hydrogen (secondary N) is 2. The third-order valence-corrected chi connectivity index (χ3v) is 6.90. The molecule has 0 atom stereocenters. The highest BCUT2D eigenvalue weighted by atomic mass is 32.2. The fourth-order valence-electron chi connectivity index (χ4n) is 2.98. The number of benzene rings is 2. The molecule has 0 aliphatic rings. The predicted molar refractivity (Wildman–Crippen MR) is 128 cm³/mol. The molecule has 33 heavy (non-hydrogen) atoms. The highest BCUT2D eigenvalue weighted by Gasteiger charge is 2.16. The van der Waals surface area contributed by atoms with Crippen molar-refractivity contribution in [3.05, 3.63) is 94.0 Å². The monoisotopic (exact) mass is 480 g/mol. The number of pyridine rings is 1. The number of para-hydroxylation sites is 1. The highest BCUT2D eigenvalue weighted by Crippen LogP contribution is 2.26. The van der Waals surface area contributed by atoms with Gasteiger partial charge in [0.2, 0.25) is 5.91 Å². The SMILES string of the molecule is O=C(/C=C/c1ccc([N+](=O)[O-])s1)Nc1ccc(S(=O)(=O)Nc2ccnc3ccccc23)cc1. The molecule has 2 aromatic heterocycles. The molecule has 0 aliphatic carbocycles. The number of anilines is 2. The van der Waals surface area contributed by atoms with Crippen LogP contribution < -0.4 is 10.0 Å². The van der Waals surface area contributed by atoms with Crippen molar-refractivity contribution in [1.29, 1.82) is 0 Å². The van der Waals surface area contributed by atoms with Crippen LogP contribution in [0.2, 0.25) is 0 Å². The van der Waals surface area contributed by atoms with E-state index >= 15 is 0 Å². The Bertz CT molecular complexity index is 1470. The summed E-state index contributed by atoms with van der Waals surface area (Å²) in [7, 11) is -3.86. The van der Waals surface area contributed by atoms with Crippen LogP contribution in [0.5, 0.6) is 0 Å². The number of nitro groups is 1. The number of aromatic nitrogens is 1. The Balaban J connectivity index is 1.44. The quantitative estimate of drug-likeness (QED) is 0.225. The molecule has 9 nitrogen and oxygen atoms in total. The minimum absolute atomic E-state index is 0.0137. The summed E-state index contributed by atoms with van der Waals surface area (Å²) >= 11 is 0.952. The van der Waals surface area contributed by atoms with Crippen molar-refractivity contribution in [2.75, 3.05) is 10.0 Å². The van der Waals surface area contributed by atoms with Gasteiger partial charge in [0.1, 0.15) is 0 Å². The smallest absolute Gasteiger partial charge is 0.323 e. The van der Waals surface area contributed by atoms with E-state index in [0.717, 1.165) is 11.3 Å². The lowest BCUT2D eigenvalue weighted by molar-refractivity contribution is -0.380. The summed E-state index contributed by atoms with van der Waals surface area (Å²) in [6, 6.07) is 17.4. The summed E-state index contributed by atoms with van der Waals surface area (Å²) in [6.07, 6.45) is 4.24. The molecule has 0 unspecified atom stereocenters. The first-order valence-corrected chi connectivity index (χ1v) is 11.8. The normalized spacial score (nSPS) is 11.5. The molecule has 0 radical (unpaired) electrons. The van der Waals surface area contributed by atoms with Crippen LogP contribution in [0.25, 0.3) is 17.0 Å². The van der Waals surface area contributed by atoms with Crippen LogP contribution in [0.1, 0.15) is 4.88 Å². The molecule has 2 aromatic carbocycles. The molecular formula is C22H16N4O5S2. The number of hydrogen-bond donors (Lipinski definition) is 2.